The van der Waals surface area contributed by atoms with Crippen LogP contribution in [0.25, 0.3) is 0 Å². The summed E-state index contributed by atoms with van der Waals surface area (Å²) in [5.41, 5.74) is 0. The first-order valence-corrected chi connectivity index (χ1v) is 7.13. The zero-order valence-corrected chi connectivity index (χ0v) is 11.3. The normalized spacial score (nSPS) is 20.9. The predicted octanol–water partition coefficient (Wildman–Crippen LogP) is 2.58. The molecule has 0 spiro atoms. The van der Waals surface area contributed by atoms with E-state index in [1.807, 2.05) is 4.90 Å². The Kier molecular flexibility index (Phi) is 6.56. The number of nitrogens with zero attached hydrogens (tertiary/aromatic N) is 1. The lowest BCUT2D eigenvalue weighted by molar-refractivity contribution is -0.135. The van der Waals surface area contributed by atoms with Crippen molar-refractivity contribution in [2.75, 3.05) is 13.1 Å². The first-order valence-electron chi connectivity index (χ1n) is 7.13. The fraction of sp³-hybridized carbons (Fsp3) is 0.929. The summed E-state index contributed by atoms with van der Waals surface area (Å²) < 4.78 is 0. The summed E-state index contributed by atoms with van der Waals surface area (Å²) >= 11 is 0. The molecule has 1 amide bonds. The molecule has 1 rings (SSSR count). The van der Waals surface area contributed by atoms with Crippen molar-refractivity contribution in [1.29, 1.82) is 0 Å². The van der Waals surface area contributed by atoms with Crippen LogP contribution >= 0.6 is 0 Å². The number of carbonyl (C=O) groups is 1. The van der Waals surface area contributed by atoms with Crippen LogP contribution in [0.3, 0.4) is 0 Å². The average Bonchev–Trinajstić information content (AvgIpc) is 2.29. The topological polar surface area (TPSA) is 40.5 Å². The molecule has 0 aromatic heterocycles. The molecule has 0 aromatic carbocycles. The summed E-state index contributed by atoms with van der Waals surface area (Å²) in [5.74, 6) is 0.784. The molecule has 0 radical (unpaired) electrons. The minimum absolute atomic E-state index is 0.246. The molecule has 0 saturated carbocycles. The van der Waals surface area contributed by atoms with Crippen LogP contribution in [0.1, 0.15) is 58.8 Å². The van der Waals surface area contributed by atoms with Gasteiger partial charge < -0.3 is 10.0 Å². The maximum Gasteiger partial charge on any atom is 0.222 e. The summed E-state index contributed by atoms with van der Waals surface area (Å²) in [4.78, 5) is 14.0. The van der Waals surface area contributed by atoms with E-state index in [-0.39, 0.29) is 12.0 Å². The van der Waals surface area contributed by atoms with Gasteiger partial charge in [-0.05, 0) is 18.8 Å². The van der Waals surface area contributed by atoms with Crippen LogP contribution in [0, 0.1) is 5.92 Å². The Morgan fingerprint density at radius 3 is 2.53 bits per heavy atom. The van der Waals surface area contributed by atoms with E-state index < -0.39 is 0 Å². The van der Waals surface area contributed by atoms with Crippen molar-refractivity contribution in [1.82, 2.24) is 4.90 Å². The van der Waals surface area contributed by atoms with E-state index in [0.717, 1.165) is 45.1 Å². The van der Waals surface area contributed by atoms with Crippen LogP contribution < -0.4 is 0 Å². The van der Waals surface area contributed by atoms with Crippen molar-refractivity contribution in [3.8, 4) is 0 Å². The van der Waals surface area contributed by atoms with E-state index >= 15 is 0 Å². The summed E-state index contributed by atoms with van der Waals surface area (Å²) in [6.07, 6.45) is 6.76. The number of hydrogen-bond acceptors (Lipinski definition) is 2. The molecule has 1 heterocycles. The maximum atomic E-state index is 12.1. The molecule has 0 aliphatic carbocycles. The Balaban J connectivity index is 2.39. The summed E-state index contributed by atoms with van der Waals surface area (Å²) in [7, 11) is 0. The second kappa shape index (κ2) is 7.70. The molecule has 0 aromatic rings. The number of amides is 1. The van der Waals surface area contributed by atoms with Gasteiger partial charge in [0.2, 0.25) is 5.91 Å². The van der Waals surface area contributed by atoms with Crippen molar-refractivity contribution in [2.24, 2.45) is 5.92 Å². The molecule has 1 N–H and O–H groups in total. The number of hydrogen-bond donors (Lipinski definition) is 1. The molecule has 1 unspecified atom stereocenters. The lowest BCUT2D eigenvalue weighted by Gasteiger charge is -2.31. The van der Waals surface area contributed by atoms with E-state index in [1.165, 1.54) is 0 Å². The minimum Gasteiger partial charge on any atom is -0.391 e. The average molecular weight is 241 g/mol. The molecule has 1 atom stereocenters. The predicted molar refractivity (Wildman–Crippen MR) is 69.7 cm³/mol. The highest BCUT2D eigenvalue weighted by Crippen LogP contribution is 2.20. The van der Waals surface area contributed by atoms with Gasteiger partial charge in [-0.25, -0.2) is 0 Å². The highest BCUT2D eigenvalue weighted by molar-refractivity contribution is 5.76. The Morgan fingerprint density at radius 2 is 2.00 bits per heavy atom. The van der Waals surface area contributed by atoms with E-state index in [4.69, 9.17) is 0 Å². The minimum atomic E-state index is -0.302. The van der Waals surface area contributed by atoms with Crippen LogP contribution in [0.5, 0.6) is 0 Å². The van der Waals surface area contributed by atoms with Crippen LogP contribution in [0.15, 0.2) is 0 Å². The third-order valence-electron chi connectivity index (χ3n) is 3.61. The van der Waals surface area contributed by atoms with Crippen molar-refractivity contribution in [3.05, 3.63) is 0 Å². The van der Waals surface area contributed by atoms with Gasteiger partial charge in [-0.1, -0.05) is 39.5 Å². The highest BCUT2D eigenvalue weighted by Gasteiger charge is 2.23. The smallest absolute Gasteiger partial charge is 0.222 e. The van der Waals surface area contributed by atoms with Gasteiger partial charge in [0.25, 0.3) is 0 Å². The molecule has 0 bridgehead atoms. The largest absolute Gasteiger partial charge is 0.391 e. The highest BCUT2D eigenvalue weighted by atomic mass is 16.3. The Bertz CT molecular complexity index is 224. The quantitative estimate of drug-likeness (QED) is 0.776. The van der Waals surface area contributed by atoms with Gasteiger partial charge in [0.15, 0.2) is 0 Å². The molecule has 1 fully saturated rings. The van der Waals surface area contributed by atoms with Gasteiger partial charge in [-0.2, -0.15) is 0 Å². The van der Waals surface area contributed by atoms with Gasteiger partial charge in [-0.15, -0.1) is 0 Å². The second-order valence-corrected chi connectivity index (χ2v) is 5.28. The lowest BCUT2D eigenvalue weighted by Crippen LogP contribution is -2.42. The van der Waals surface area contributed by atoms with E-state index in [1.54, 1.807) is 0 Å². The molecule has 1 aliphatic rings. The van der Waals surface area contributed by atoms with E-state index in [2.05, 4.69) is 13.8 Å². The first kappa shape index (κ1) is 14.5. The second-order valence-electron chi connectivity index (χ2n) is 5.28. The molecular weight excluding hydrogens is 214 g/mol. The van der Waals surface area contributed by atoms with Crippen molar-refractivity contribution in [3.63, 3.8) is 0 Å². The summed E-state index contributed by atoms with van der Waals surface area (Å²) in [6, 6.07) is 0. The van der Waals surface area contributed by atoms with Gasteiger partial charge in [0.1, 0.15) is 0 Å². The first-order chi connectivity index (χ1) is 8.17. The fourth-order valence-corrected chi connectivity index (χ4v) is 2.72. The van der Waals surface area contributed by atoms with Crippen LogP contribution in [-0.2, 0) is 4.79 Å². The Labute approximate surface area is 105 Å². The van der Waals surface area contributed by atoms with Crippen LogP contribution in [-0.4, -0.2) is 35.1 Å². The standard InChI is InChI=1S/C14H27NO2/c1-3-6-12(7-4-2)10-14(17)15-9-5-8-13(16)11-15/h12-13,16H,3-11H2,1-2H3. The van der Waals surface area contributed by atoms with Crippen LogP contribution in [0.2, 0.25) is 0 Å². The molecule has 1 saturated heterocycles. The molecular formula is C14H27NO2. The number of β-amino-alcohol motifs (C(OH)–C–C–N with tert-alkyl or cyclic N) is 1. The number of aliphatic hydroxyl groups is 1. The Hall–Kier alpha value is -0.570. The van der Waals surface area contributed by atoms with E-state index in [9.17, 15) is 9.90 Å². The molecule has 100 valence electrons. The number of likely N-dealkylation sites (tertiary alicyclic amines) is 1. The van der Waals surface area contributed by atoms with Gasteiger partial charge in [0.05, 0.1) is 6.10 Å². The van der Waals surface area contributed by atoms with Crippen LogP contribution in [0.4, 0.5) is 0 Å². The molecule has 3 nitrogen and oxygen atoms in total. The Morgan fingerprint density at radius 1 is 1.35 bits per heavy atom. The monoisotopic (exact) mass is 241 g/mol. The van der Waals surface area contributed by atoms with Gasteiger partial charge >= 0.3 is 0 Å². The van der Waals surface area contributed by atoms with Gasteiger partial charge in [-0.3, -0.25) is 4.79 Å². The summed E-state index contributed by atoms with van der Waals surface area (Å²) in [5, 5.41) is 9.58. The fourth-order valence-electron chi connectivity index (χ4n) is 2.72. The zero-order chi connectivity index (χ0) is 12.7. The third kappa shape index (κ3) is 5.07. The van der Waals surface area contributed by atoms with Gasteiger partial charge in [0, 0.05) is 19.5 Å². The van der Waals surface area contributed by atoms with Crippen molar-refractivity contribution in [2.45, 2.75) is 64.9 Å². The number of aliphatic hydroxyl groups excluding tert-OH is 1. The van der Waals surface area contributed by atoms with Crippen molar-refractivity contribution >= 4 is 5.91 Å². The molecule has 17 heavy (non-hydrogen) atoms. The summed E-state index contributed by atoms with van der Waals surface area (Å²) in [6.45, 7) is 5.74. The maximum absolute atomic E-state index is 12.1. The number of piperidine rings is 1. The number of carbonyl (C=O) groups excluding carboxylic acids is 1. The third-order valence-corrected chi connectivity index (χ3v) is 3.61. The number of rotatable bonds is 6. The SMILES string of the molecule is CCCC(CCC)CC(=O)N1CCCC(O)C1. The lowest BCUT2D eigenvalue weighted by atomic mass is 9.94. The van der Waals surface area contributed by atoms with Crippen molar-refractivity contribution < 1.29 is 9.90 Å². The molecule has 1 aliphatic heterocycles. The zero-order valence-electron chi connectivity index (χ0n) is 11.3. The molecule has 3 heteroatoms. The van der Waals surface area contributed by atoms with E-state index in [0.29, 0.717) is 18.9 Å².